The van der Waals surface area contributed by atoms with Gasteiger partial charge in [-0.15, -0.1) is 0 Å². The summed E-state index contributed by atoms with van der Waals surface area (Å²) in [5.41, 5.74) is 5.15. The Labute approximate surface area is 131 Å². The molecule has 22 heavy (non-hydrogen) atoms. The maximum Gasteiger partial charge on any atom is 0.124 e. The largest absolute Gasteiger partial charge is 0.489 e. The molecule has 2 atom stereocenters. The fourth-order valence-corrected chi connectivity index (χ4v) is 3.44. The normalized spacial score (nSPS) is 19.5. The van der Waals surface area contributed by atoms with E-state index in [2.05, 4.69) is 85.8 Å². The summed E-state index contributed by atoms with van der Waals surface area (Å²) >= 11 is 0. The molecule has 0 spiro atoms. The highest BCUT2D eigenvalue weighted by Gasteiger charge is 2.34. The van der Waals surface area contributed by atoms with Crippen LogP contribution in [0.1, 0.15) is 24.0 Å². The predicted molar refractivity (Wildman–Crippen MR) is 90.3 cm³/mol. The van der Waals surface area contributed by atoms with E-state index in [0.29, 0.717) is 0 Å². The maximum absolute atomic E-state index is 6.14. The van der Waals surface area contributed by atoms with Crippen LogP contribution in [0.2, 0.25) is 0 Å². The number of benzene rings is 3. The van der Waals surface area contributed by atoms with Gasteiger partial charge in [-0.3, -0.25) is 0 Å². The molecule has 4 rings (SSSR count). The van der Waals surface area contributed by atoms with E-state index in [0.717, 1.165) is 5.75 Å². The summed E-state index contributed by atoms with van der Waals surface area (Å²) in [7, 11) is 0. The summed E-state index contributed by atoms with van der Waals surface area (Å²) in [5, 5.41) is 0. The summed E-state index contributed by atoms with van der Waals surface area (Å²) in [6.45, 7) is 2.16. The van der Waals surface area contributed by atoms with E-state index in [9.17, 15) is 0 Å². The van der Waals surface area contributed by atoms with Crippen LogP contribution in [-0.4, -0.2) is 6.10 Å². The number of rotatable bonds is 2. The van der Waals surface area contributed by atoms with Gasteiger partial charge in [-0.25, -0.2) is 0 Å². The third-order valence-electron chi connectivity index (χ3n) is 4.40. The number of hydrogen-bond donors (Lipinski definition) is 0. The minimum atomic E-state index is 0.155. The van der Waals surface area contributed by atoms with E-state index >= 15 is 0 Å². The summed E-state index contributed by atoms with van der Waals surface area (Å²) in [5.74, 6) is 1.30. The van der Waals surface area contributed by atoms with E-state index in [1.165, 1.54) is 22.3 Å². The molecule has 0 aliphatic carbocycles. The van der Waals surface area contributed by atoms with Gasteiger partial charge in [-0.1, -0.05) is 72.8 Å². The lowest BCUT2D eigenvalue weighted by Gasteiger charge is -2.17. The highest BCUT2D eigenvalue weighted by atomic mass is 16.5. The summed E-state index contributed by atoms with van der Waals surface area (Å²) in [6.07, 6.45) is 0.155. The highest BCUT2D eigenvalue weighted by molar-refractivity contribution is 5.73. The van der Waals surface area contributed by atoms with Gasteiger partial charge in [0.2, 0.25) is 0 Å². The summed E-state index contributed by atoms with van der Waals surface area (Å²) in [4.78, 5) is 0. The number of fused-ring (bicyclic) bond motifs is 1. The quantitative estimate of drug-likeness (QED) is 0.624. The number of hydrogen-bond acceptors (Lipinski definition) is 1. The van der Waals surface area contributed by atoms with Crippen molar-refractivity contribution in [3.8, 4) is 16.9 Å². The second-order valence-corrected chi connectivity index (χ2v) is 5.79. The van der Waals surface area contributed by atoms with Crippen LogP contribution in [0.3, 0.4) is 0 Å². The van der Waals surface area contributed by atoms with Crippen molar-refractivity contribution in [2.75, 3.05) is 0 Å². The average molecular weight is 286 g/mol. The third-order valence-corrected chi connectivity index (χ3v) is 4.40. The molecule has 1 aliphatic heterocycles. The zero-order valence-electron chi connectivity index (χ0n) is 12.6. The second kappa shape index (κ2) is 5.34. The summed E-state index contributed by atoms with van der Waals surface area (Å²) < 4.78 is 6.14. The zero-order valence-corrected chi connectivity index (χ0v) is 12.6. The summed E-state index contributed by atoms with van der Waals surface area (Å²) in [6, 6.07) is 27.6. The van der Waals surface area contributed by atoms with Gasteiger partial charge in [0.1, 0.15) is 11.9 Å². The monoisotopic (exact) mass is 286 g/mol. The first-order valence-electron chi connectivity index (χ1n) is 7.74. The van der Waals surface area contributed by atoms with E-state index in [1.54, 1.807) is 0 Å². The van der Waals surface area contributed by atoms with Crippen LogP contribution in [0.5, 0.6) is 5.75 Å². The molecular weight excluding hydrogens is 268 g/mol. The molecule has 0 amide bonds. The van der Waals surface area contributed by atoms with Crippen LogP contribution in [0, 0.1) is 0 Å². The van der Waals surface area contributed by atoms with E-state index < -0.39 is 0 Å². The molecule has 0 N–H and O–H groups in total. The van der Waals surface area contributed by atoms with E-state index in [1.807, 2.05) is 0 Å². The minimum absolute atomic E-state index is 0.155. The van der Waals surface area contributed by atoms with Crippen molar-refractivity contribution in [2.24, 2.45) is 0 Å². The Morgan fingerprint density at radius 1 is 0.727 bits per heavy atom. The van der Waals surface area contributed by atoms with Gasteiger partial charge in [0.05, 0.1) is 0 Å². The SMILES string of the molecule is CC1Oc2cccc(-c3ccccc3)c2C1c1ccccc1. The smallest absolute Gasteiger partial charge is 0.124 e. The van der Waals surface area contributed by atoms with Crippen LogP contribution in [0.4, 0.5) is 0 Å². The van der Waals surface area contributed by atoms with Crippen molar-refractivity contribution >= 4 is 0 Å². The Balaban J connectivity index is 1.91. The molecule has 0 radical (unpaired) electrons. The fraction of sp³-hybridized carbons (Fsp3) is 0.143. The van der Waals surface area contributed by atoms with Gasteiger partial charge in [0.15, 0.2) is 0 Å². The van der Waals surface area contributed by atoms with Crippen molar-refractivity contribution in [1.29, 1.82) is 0 Å². The molecule has 1 heterocycles. The first kappa shape index (κ1) is 13.1. The fourth-order valence-electron chi connectivity index (χ4n) is 3.44. The van der Waals surface area contributed by atoms with E-state index in [-0.39, 0.29) is 12.0 Å². The molecule has 0 aromatic heterocycles. The Hall–Kier alpha value is -2.54. The van der Waals surface area contributed by atoms with Gasteiger partial charge in [-0.05, 0) is 29.7 Å². The minimum Gasteiger partial charge on any atom is -0.489 e. The maximum atomic E-state index is 6.14. The van der Waals surface area contributed by atoms with Crippen LogP contribution < -0.4 is 4.74 Å². The van der Waals surface area contributed by atoms with Crippen molar-refractivity contribution in [3.05, 3.63) is 90.0 Å². The Morgan fingerprint density at radius 2 is 1.41 bits per heavy atom. The lowest BCUT2D eigenvalue weighted by atomic mass is 9.84. The standard InChI is InChI=1S/C21H18O/c1-15-20(17-11-6-3-7-12-17)21-18(13-8-14-19(21)22-15)16-9-4-2-5-10-16/h2-15,20H,1H3. The molecule has 2 unspecified atom stereocenters. The van der Waals surface area contributed by atoms with Crippen LogP contribution in [0.15, 0.2) is 78.9 Å². The first-order chi connectivity index (χ1) is 10.8. The van der Waals surface area contributed by atoms with Crippen LogP contribution in [0.25, 0.3) is 11.1 Å². The Bertz CT molecular complexity index is 778. The molecule has 0 bridgehead atoms. The van der Waals surface area contributed by atoms with Crippen molar-refractivity contribution in [3.63, 3.8) is 0 Å². The molecule has 1 aliphatic rings. The first-order valence-corrected chi connectivity index (χ1v) is 7.74. The molecule has 108 valence electrons. The molecule has 1 nitrogen and oxygen atoms in total. The van der Waals surface area contributed by atoms with Gasteiger partial charge in [0, 0.05) is 11.5 Å². The number of ether oxygens (including phenoxy) is 1. The van der Waals surface area contributed by atoms with Gasteiger partial charge in [0.25, 0.3) is 0 Å². The Morgan fingerprint density at radius 3 is 2.14 bits per heavy atom. The van der Waals surface area contributed by atoms with Gasteiger partial charge < -0.3 is 4.74 Å². The third kappa shape index (κ3) is 2.10. The average Bonchev–Trinajstić information content (AvgIpc) is 2.92. The van der Waals surface area contributed by atoms with Crippen molar-refractivity contribution < 1.29 is 4.74 Å². The van der Waals surface area contributed by atoms with Gasteiger partial charge >= 0.3 is 0 Å². The van der Waals surface area contributed by atoms with Gasteiger partial charge in [-0.2, -0.15) is 0 Å². The lowest BCUT2D eigenvalue weighted by molar-refractivity contribution is 0.239. The lowest BCUT2D eigenvalue weighted by Crippen LogP contribution is -2.15. The van der Waals surface area contributed by atoms with Crippen LogP contribution >= 0.6 is 0 Å². The topological polar surface area (TPSA) is 9.23 Å². The highest BCUT2D eigenvalue weighted by Crippen LogP contribution is 2.46. The molecule has 3 aromatic rings. The van der Waals surface area contributed by atoms with E-state index in [4.69, 9.17) is 4.74 Å². The molecule has 0 fully saturated rings. The van der Waals surface area contributed by atoms with Crippen molar-refractivity contribution in [2.45, 2.75) is 18.9 Å². The molecule has 0 saturated carbocycles. The molecule has 0 saturated heterocycles. The molecule has 1 heteroatoms. The zero-order chi connectivity index (χ0) is 14.9. The van der Waals surface area contributed by atoms with Crippen molar-refractivity contribution in [1.82, 2.24) is 0 Å². The Kier molecular flexibility index (Phi) is 3.19. The molecular formula is C21H18O. The van der Waals surface area contributed by atoms with Crippen LogP contribution in [-0.2, 0) is 0 Å². The predicted octanol–water partition coefficient (Wildman–Crippen LogP) is 5.27. The molecule has 3 aromatic carbocycles. The second-order valence-electron chi connectivity index (χ2n) is 5.79.